The maximum Gasteiger partial charge on any atom is 0.253 e. The fraction of sp³-hybridized carbons (Fsp3) is 0.333. The Balaban J connectivity index is 1.86. The van der Waals surface area contributed by atoms with Crippen LogP contribution in [0.2, 0.25) is 0 Å². The van der Waals surface area contributed by atoms with Crippen LogP contribution in [-0.4, -0.2) is 47.1 Å². The number of aryl methyl sites for hydroxylation is 2. The molecule has 164 valence electrons. The van der Waals surface area contributed by atoms with Crippen LogP contribution in [0.4, 0.5) is 10.1 Å². The van der Waals surface area contributed by atoms with Crippen LogP contribution < -0.4 is 10.9 Å². The lowest BCUT2D eigenvalue weighted by atomic mass is 10.1. The van der Waals surface area contributed by atoms with Gasteiger partial charge in [-0.3, -0.25) is 4.79 Å². The van der Waals surface area contributed by atoms with Gasteiger partial charge in [-0.25, -0.2) is 4.39 Å². The van der Waals surface area contributed by atoms with E-state index >= 15 is 0 Å². The van der Waals surface area contributed by atoms with Gasteiger partial charge >= 0.3 is 0 Å². The highest BCUT2D eigenvalue weighted by atomic mass is 32.1. The van der Waals surface area contributed by atoms with E-state index in [1.54, 1.807) is 12.1 Å². The largest absolute Gasteiger partial charge is 0.344 e. The Labute approximate surface area is 187 Å². The van der Waals surface area contributed by atoms with Gasteiger partial charge in [-0.1, -0.05) is 11.6 Å². The summed E-state index contributed by atoms with van der Waals surface area (Å²) in [6.07, 6.45) is 0.891. The molecule has 31 heavy (non-hydrogen) atoms. The standard InChI is InChI=1S/C24H29FN4OS/c1-16-12-17(2)22-18(13-16)14-19(23(30)27-22)15-29(11-5-10-28(3)4)24(31)26-21-8-6-20(25)7-9-21/h6-9,12-14H,5,10-11,15H2,1-4H3,(H,26,31)(H,27,30). The van der Waals surface area contributed by atoms with Gasteiger partial charge in [0.15, 0.2) is 5.11 Å². The van der Waals surface area contributed by atoms with Crippen molar-refractivity contribution < 1.29 is 4.39 Å². The third kappa shape index (κ3) is 6.12. The third-order valence-electron chi connectivity index (χ3n) is 5.15. The Morgan fingerprint density at radius 3 is 2.48 bits per heavy atom. The second-order valence-corrected chi connectivity index (χ2v) is 8.57. The lowest BCUT2D eigenvalue weighted by Crippen LogP contribution is -2.37. The summed E-state index contributed by atoms with van der Waals surface area (Å²) < 4.78 is 13.2. The SMILES string of the molecule is Cc1cc(C)c2[nH]c(=O)c(CN(CCCN(C)C)C(=S)Nc3ccc(F)cc3)cc2c1. The zero-order valence-electron chi connectivity index (χ0n) is 18.5. The second kappa shape index (κ2) is 10.0. The maximum absolute atomic E-state index is 13.2. The normalized spacial score (nSPS) is 11.2. The molecule has 0 unspecified atom stereocenters. The smallest absolute Gasteiger partial charge is 0.253 e. The van der Waals surface area contributed by atoms with Crippen molar-refractivity contribution in [1.82, 2.24) is 14.8 Å². The first kappa shape index (κ1) is 22.9. The quantitative estimate of drug-likeness (QED) is 0.532. The van der Waals surface area contributed by atoms with Crippen molar-refractivity contribution in [3.8, 4) is 0 Å². The molecule has 0 fully saturated rings. The zero-order valence-corrected chi connectivity index (χ0v) is 19.3. The first-order valence-corrected chi connectivity index (χ1v) is 10.7. The van der Waals surface area contributed by atoms with Crippen LogP contribution in [0.5, 0.6) is 0 Å². The number of aromatic nitrogens is 1. The summed E-state index contributed by atoms with van der Waals surface area (Å²) in [5.74, 6) is -0.299. The van der Waals surface area contributed by atoms with Gasteiger partial charge < -0.3 is 20.1 Å². The Morgan fingerprint density at radius 1 is 1.10 bits per heavy atom. The summed E-state index contributed by atoms with van der Waals surface area (Å²) in [4.78, 5) is 19.9. The number of hydrogen-bond acceptors (Lipinski definition) is 3. The molecule has 3 rings (SSSR count). The Hall–Kier alpha value is -2.77. The van der Waals surface area contributed by atoms with Crippen LogP contribution in [0.1, 0.15) is 23.1 Å². The van der Waals surface area contributed by atoms with Crippen molar-refractivity contribution in [3.05, 3.63) is 75.3 Å². The van der Waals surface area contributed by atoms with E-state index < -0.39 is 0 Å². The van der Waals surface area contributed by atoms with Crippen molar-refractivity contribution >= 4 is 33.9 Å². The number of pyridine rings is 1. The van der Waals surface area contributed by atoms with E-state index in [4.69, 9.17) is 12.2 Å². The van der Waals surface area contributed by atoms with Gasteiger partial charge in [0.2, 0.25) is 0 Å². The third-order valence-corrected chi connectivity index (χ3v) is 5.51. The molecule has 1 heterocycles. The number of benzene rings is 2. The summed E-state index contributed by atoms with van der Waals surface area (Å²) in [7, 11) is 4.05. The lowest BCUT2D eigenvalue weighted by Gasteiger charge is -2.26. The van der Waals surface area contributed by atoms with Crippen LogP contribution in [0, 0.1) is 19.7 Å². The second-order valence-electron chi connectivity index (χ2n) is 8.19. The van der Waals surface area contributed by atoms with Gasteiger partial charge in [0.25, 0.3) is 5.56 Å². The van der Waals surface area contributed by atoms with Gasteiger partial charge in [-0.2, -0.15) is 0 Å². The molecule has 0 spiro atoms. The highest BCUT2D eigenvalue weighted by Crippen LogP contribution is 2.19. The molecule has 0 radical (unpaired) electrons. The molecular formula is C24H29FN4OS. The first-order chi connectivity index (χ1) is 14.7. The summed E-state index contributed by atoms with van der Waals surface area (Å²) in [5.41, 5.74) is 4.33. The predicted octanol–water partition coefficient (Wildman–Crippen LogP) is 4.43. The Kier molecular flexibility index (Phi) is 7.41. The van der Waals surface area contributed by atoms with Crippen molar-refractivity contribution in [2.45, 2.75) is 26.8 Å². The molecule has 0 aliphatic heterocycles. The van der Waals surface area contributed by atoms with Crippen LogP contribution >= 0.6 is 12.2 Å². The van der Waals surface area contributed by atoms with Crippen molar-refractivity contribution in [1.29, 1.82) is 0 Å². The van der Waals surface area contributed by atoms with Gasteiger partial charge in [-0.15, -0.1) is 0 Å². The van der Waals surface area contributed by atoms with Crippen LogP contribution in [0.3, 0.4) is 0 Å². The Bertz CT molecular complexity index is 1120. The lowest BCUT2D eigenvalue weighted by molar-refractivity contribution is 0.346. The number of aromatic amines is 1. The molecule has 7 heteroatoms. The zero-order chi connectivity index (χ0) is 22.5. The van der Waals surface area contributed by atoms with Crippen LogP contribution in [-0.2, 0) is 6.54 Å². The fourth-order valence-corrected chi connectivity index (χ4v) is 3.89. The fourth-order valence-electron chi connectivity index (χ4n) is 3.62. The average Bonchev–Trinajstić information content (AvgIpc) is 2.69. The summed E-state index contributed by atoms with van der Waals surface area (Å²) >= 11 is 5.64. The van der Waals surface area contributed by atoms with Gasteiger partial charge in [0.1, 0.15) is 5.82 Å². The highest BCUT2D eigenvalue weighted by Gasteiger charge is 2.14. The minimum absolute atomic E-state index is 0.110. The van der Waals surface area contributed by atoms with E-state index in [-0.39, 0.29) is 11.4 Å². The number of H-pyrrole nitrogens is 1. The number of thiocarbonyl (C=S) groups is 1. The molecule has 3 aromatic rings. The van der Waals surface area contributed by atoms with E-state index in [2.05, 4.69) is 27.3 Å². The summed E-state index contributed by atoms with van der Waals surface area (Å²) in [6.45, 7) is 6.03. The van der Waals surface area contributed by atoms with E-state index in [1.165, 1.54) is 12.1 Å². The molecule has 0 bridgehead atoms. The molecule has 0 saturated carbocycles. The molecule has 2 N–H and O–H groups in total. The van der Waals surface area contributed by atoms with Gasteiger partial charge in [-0.05, 0) is 100 Å². The van der Waals surface area contributed by atoms with Gasteiger partial charge in [0.05, 0.1) is 12.1 Å². The number of anilines is 1. The first-order valence-electron chi connectivity index (χ1n) is 10.3. The topological polar surface area (TPSA) is 51.4 Å². The number of fused-ring (bicyclic) bond motifs is 1. The van der Waals surface area contributed by atoms with Crippen LogP contribution in [0.15, 0.2) is 47.3 Å². The molecular weight excluding hydrogens is 411 g/mol. The van der Waals surface area contributed by atoms with E-state index in [0.29, 0.717) is 29.5 Å². The predicted molar refractivity (Wildman–Crippen MR) is 130 cm³/mol. The molecule has 1 aromatic heterocycles. The summed E-state index contributed by atoms with van der Waals surface area (Å²) in [5, 5.41) is 4.68. The monoisotopic (exact) mass is 440 g/mol. The minimum atomic E-state index is -0.299. The van der Waals surface area contributed by atoms with Crippen molar-refractivity contribution in [2.75, 3.05) is 32.5 Å². The van der Waals surface area contributed by atoms with Crippen LogP contribution in [0.25, 0.3) is 10.9 Å². The molecule has 0 aliphatic rings. The maximum atomic E-state index is 13.2. The molecule has 0 amide bonds. The number of nitrogens with one attached hydrogen (secondary N) is 2. The highest BCUT2D eigenvalue weighted by molar-refractivity contribution is 7.80. The molecule has 0 atom stereocenters. The number of halogens is 1. The molecule has 5 nitrogen and oxygen atoms in total. The molecule has 0 saturated heterocycles. The van der Waals surface area contributed by atoms with Crippen molar-refractivity contribution in [2.24, 2.45) is 0 Å². The molecule has 2 aromatic carbocycles. The average molecular weight is 441 g/mol. The van der Waals surface area contributed by atoms with E-state index in [1.807, 2.05) is 38.9 Å². The number of nitrogens with zero attached hydrogens (tertiary/aromatic N) is 2. The number of rotatable bonds is 7. The van der Waals surface area contributed by atoms with E-state index in [9.17, 15) is 9.18 Å². The van der Waals surface area contributed by atoms with E-state index in [0.717, 1.165) is 35.0 Å². The molecule has 0 aliphatic carbocycles. The van der Waals surface area contributed by atoms with Gasteiger partial charge in [0, 0.05) is 17.8 Å². The summed E-state index contributed by atoms with van der Waals surface area (Å²) in [6, 6.07) is 12.2. The minimum Gasteiger partial charge on any atom is -0.344 e. The number of hydrogen-bond donors (Lipinski definition) is 2. The van der Waals surface area contributed by atoms with Crippen molar-refractivity contribution in [3.63, 3.8) is 0 Å². The Morgan fingerprint density at radius 2 is 1.81 bits per heavy atom.